The van der Waals surface area contributed by atoms with E-state index in [0.29, 0.717) is 6.54 Å². The Kier molecular flexibility index (Phi) is 5.68. The maximum absolute atomic E-state index is 11.6. The fourth-order valence-electron chi connectivity index (χ4n) is 2.06. The molecule has 0 aromatic rings. The van der Waals surface area contributed by atoms with E-state index in [4.69, 9.17) is 0 Å². The average Bonchev–Trinajstić information content (AvgIpc) is 2.27. The standard InChI is InChI=1S/C10H22N2O3S/c1-2-7-11-16(14,15)12-10-6-4-3-5-9(10)8-13/h9-13H,2-8H2,1H3. The minimum atomic E-state index is -3.40. The molecular weight excluding hydrogens is 228 g/mol. The zero-order chi connectivity index (χ0) is 12.0. The number of aliphatic hydroxyl groups excluding tert-OH is 1. The van der Waals surface area contributed by atoms with Crippen molar-refractivity contribution in [3.8, 4) is 0 Å². The molecule has 1 saturated carbocycles. The smallest absolute Gasteiger partial charge is 0.277 e. The second-order valence-corrected chi connectivity index (χ2v) is 5.88. The van der Waals surface area contributed by atoms with Gasteiger partial charge >= 0.3 is 0 Å². The Bertz CT molecular complexity index is 292. The number of aliphatic hydroxyl groups is 1. The van der Waals surface area contributed by atoms with E-state index >= 15 is 0 Å². The van der Waals surface area contributed by atoms with Gasteiger partial charge in [-0.05, 0) is 25.2 Å². The molecule has 0 amide bonds. The monoisotopic (exact) mass is 250 g/mol. The molecule has 1 aliphatic carbocycles. The predicted octanol–water partition coefficient (Wildman–Crippen LogP) is 0.372. The van der Waals surface area contributed by atoms with Crippen LogP contribution in [0.25, 0.3) is 0 Å². The summed E-state index contributed by atoms with van der Waals surface area (Å²) in [7, 11) is -3.40. The normalized spacial score (nSPS) is 26.9. The molecule has 0 aromatic carbocycles. The van der Waals surface area contributed by atoms with Gasteiger partial charge in [0.2, 0.25) is 0 Å². The molecule has 0 aromatic heterocycles. The Hall–Kier alpha value is -0.170. The van der Waals surface area contributed by atoms with Crippen LogP contribution in [0.3, 0.4) is 0 Å². The SMILES string of the molecule is CCCNS(=O)(=O)NC1CCCCC1CO. The van der Waals surface area contributed by atoms with Gasteiger partial charge in [0.1, 0.15) is 0 Å². The lowest BCUT2D eigenvalue weighted by atomic mass is 9.86. The van der Waals surface area contributed by atoms with Crippen LogP contribution < -0.4 is 9.44 Å². The Morgan fingerprint density at radius 3 is 2.62 bits per heavy atom. The molecule has 1 aliphatic rings. The highest BCUT2D eigenvalue weighted by molar-refractivity contribution is 7.87. The molecule has 0 aliphatic heterocycles. The first kappa shape index (κ1) is 13.9. The van der Waals surface area contributed by atoms with Gasteiger partial charge in [0.05, 0.1) is 0 Å². The van der Waals surface area contributed by atoms with Gasteiger partial charge in [-0.2, -0.15) is 13.1 Å². The quantitative estimate of drug-likeness (QED) is 0.637. The van der Waals surface area contributed by atoms with Gasteiger partial charge in [0, 0.05) is 19.2 Å². The highest BCUT2D eigenvalue weighted by Crippen LogP contribution is 2.24. The van der Waals surface area contributed by atoms with Gasteiger partial charge in [-0.1, -0.05) is 19.8 Å². The number of nitrogens with one attached hydrogen (secondary N) is 2. The summed E-state index contributed by atoms with van der Waals surface area (Å²) in [6.45, 7) is 2.42. The van der Waals surface area contributed by atoms with Gasteiger partial charge in [-0.3, -0.25) is 0 Å². The summed E-state index contributed by atoms with van der Waals surface area (Å²) in [6.07, 6.45) is 4.59. The van der Waals surface area contributed by atoms with Crippen molar-refractivity contribution in [1.82, 2.24) is 9.44 Å². The average molecular weight is 250 g/mol. The zero-order valence-electron chi connectivity index (χ0n) is 9.78. The topological polar surface area (TPSA) is 78.4 Å². The number of hydrogen-bond acceptors (Lipinski definition) is 3. The molecule has 2 atom stereocenters. The molecule has 6 heteroatoms. The largest absolute Gasteiger partial charge is 0.396 e. The second kappa shape index (κ2) is 6.54. The van der Waals surface area contributed by atoms with Crippen LogP contribution in [-0.2, 0) is 10.2 Å². The first-order valence-corrected chi connectivity index (χ1v) is 7.45. The molecule has 16 heavy (non-hydrogen) atoms. The highest BCUT2D eigenvalue weighted by Gasteiger charge is 2.27. The van der Waals surface area contributed by atoms with Crippen molar-refractivity contribution < 1.29 is 13.5 Å². The van der Waals surface area contributed by atoms with Crippen LogP contribution in [0, 0.1) is 5.92 Å². The van der Waals surface area contributed by atoms with E-state index in [0.717, 1.165) is 32.1 Å². The fraction of sp³-hybridized carbons (Fsp3) is 1.00. The summed E-state index contributed by atoms with van der Waals surface area (Å²) in [5.41, 5.74) is 0. The van der Waals surface area contributed by atoms with Crippen molar-refractivity contribution in [2.45, 2.75) is 45.1 Å². The van der Waals surface area contributed by atoms with Crippen molar-refractivity contribution >= 4 is 10.2 Å². The summed E-state index contributed by atoms with van der Waals surface area (Å²) in [5.74, 6) is 0.0620. The predicted molar refractivity (Wildman–Crippen MR) is 63.2 cm³/mol. The van der Waals surface area contributed by atoms with Crippen molar-refractivity contribution in [3.05, 3.63) is 0 Å². The molecule has 1 rings (SSSR count). The van der Waals surface area contributed by atoms with Gasteiger partial charge in [0.25, 0.3) is 10.2 Å². The van der Waals surface area contributed by atoms with Gasteiger partial charge < -0.3 is 5.11 Å². The maximum atomic E-state index is 11.6. The van der Waals surface area contributed by atoms with Crippen LogP contribution in [0.5, 0.6) is 0 Å². The van der Waals surface area contributed by atoms with Gasteiger partial charge in [-0.15, -0.1) is 0 Å². The van der Waals surface area contributed by atoms with Crippen LogP contribution in [0.1, 0.15) is 39.0 Å². The van der Waals surface area contributed by atoms with E-state index in [1.165, 1.54) is 0 Å². The second-order valence-electron chi connectivity index (χ2n) is 4.35. The molecular formula is C10H22N2O3S. The molecule has 5 nitrogen and oxygen atoms in total. The Balaban J connectivity index is 2.50. The highest BCUT2D eigenvalue weighted by atomic mass is 32.2. The Labute approximate surface area is 97.8 Å². The zero-order valence-corrected chi connectivity index (χ0v) is 10.6. The summed E-state index contributed by atoms with van der Waals surface area (Å²) in [6, 6.07) is -0.117. The molecule has 0 bridgehead atoms. The van der Waals surface area contributed by atoms with E-state index in [-0.39, 0.29) is 18.6 Å². The third-order valence-corrected chi connectivity index (χ3v) is 4.19. The lowest BCUT2D eigenvalue weighted by molar-refractivity contribution is 0.164. The Morgan fingerprint density at radius 1 is 1.31 bits per heavy atom. The molecule has 96 valence electrons. The van der Waals surface area contributed by atoms with Crippen LogP contribution in [0.15, 0.2) is 0 Å². The van der Waals surface area contributed by atoms with Crippen LogP contribution >= 0.6 is 0 Å². The molecule has 0 heterocycles. The molecule has 1 fully saturated rings. The first-order chi connectivity index (χ1) is 7.59. The summed E-state index contributed by atoms with van der Waals surface area (Å²) in [4.78, 5) is 0. The molecule has 3 N–H and O–H groups in total. The van der Waals surface area contributed by atoms with E-state index in [2.05, 4.69) is 9.44 Å². The van der Waals surface area contributed by atoms with Gasteiger partial charge in [-0.25, -0.2) is 4.72 Å². The van der Waals surface area contributed by atoms with Crippen LogP contribution in [0.4, 0.5) is 0 Å². The molecule has 0 saturated heterocycles. The molecule has 0 radical (unpaired) electrons. The lowest BCUT2D eigenvalue weighted by Crippen LogP contribution is -2.48. The van der Waals surface area contributed by atoms with Crippen molar-refractivity contribution in [3.63, 3.8) is 0 Å². The van der Waals surface area contributed by atoms with Crippen LogP contribution in [-0.4, -0.2) is 32.7 Å². The summed E-state index contributed by atoms with van der Waals surface area (Å²) < 4.78 is 28.3. The summed E-state index contributed by atoms with van der Waals surface area (Å²) >= 11 is 0. The minimum Gasteiger partial charge on any atom is -0.396 e. The van der Waals surface area contributed by atoms with Crippen molar-refractivity contribution in [2.24, 2.45) is 5.92 Å². The van der Waals surface area contributed by atoms with Crippen LogP contribution in [0.2, 0.25) is 0 Å². The lowest BCUT2D eigenvalue weighted by Gasteiger charge is -2.30. The maximum Gasteiger partial charge on any atom is 0.277 e. The van der Waals surface area contributed by atoms with E-state index in [1.54, 1.807) is 0 Å². The number of rotatable bonds is 6. The molecule has 0 spiro atoms. The first-order valence-electron chi connectivity index (χ1n) is 5.97. The third kappa shape index (κ3) is 4.37. The summed E-state index contributed by atoms with van der Waals surface area (Å²) in [5, 5.41) is 9.18. The van der Waals surface area contributed by atoms with E-state index in [1.807, 2.05) is 6.92 Å². The van der Waals surface area contributed by atoms with Gasteiger partial charge in [0.15, 0.2) is 0 Å². The van der Waals surface area contributed by atoms with E-state index < -0.39 is 10.2 Å². The Morgan fingerprint density at radius 2 is 2.00 bits per heavy atom. The number of hydrogen-bond donors (Lipinski definition) is 3. The van der Waals surface area contributed by atoms with E-state index in [9.17, 15) is 13.5 Å². The third-order valence-electron chi connectivity index (χ3n) is 2.99. The van der Waals surface area contributed by atoms with Crippen molar-refractivity contribution in [2.75, 3.05) is 13.2 Å². The fourth-order valence-corrected chi connectivity index (χ4v) is 3.32. The van der Waals surface area contributed by atoms with Crippen molar-refractivity contribution in [1.29, 1.82) is 0 Å². The minimum absolute atomic E-state index is 0.0565. The molecule has 2 unspecified atom stereocenters.